The molecular weight excluding hydrogens is 281 g/mol. The Morgan fingerprint density at radius 2 is 1.55 bits per heavy atom. The molecule has 0 atom stereocenters. The molecule has 0 radical (unpaired) electrons. The Kier molecular flexibility index (Phi) is 8.73. The van der Waals surface area contributed by atoms with E-state index < -0.39 is 24.9 Å². The van der Waals surface area contributed by atoms with Gasteiger partial charge in [-0.25, -0.2) is 0 Å². The number of carbonyl (C=O) groups is 1. The van der Waals surface area contributed by atoms with E-state index in [0.29, 0.717) is 12.8 Å². The largest absolute Gasteiger partial charge is 0.453 e. The van der Waals surface area contributed by atoms with Crippen LogP contribution in [0.5, 0.6) is 0 Å². The fourth-order valence-electron chi connectivity index (χ4n) is 1.66. The summed E-state index contributed by atoms with van der Waals surface area (Å²) in [4.78, 5) is 11.3. The molecule has 0 bridgehead atoms. The third-order valence-electron chi connectivity index (χ3n) is 2.91. The number of carbonyl (C=O) groups excluding carboxylic acids is 1. The van der Waals surface area contributed by atoms with Crippen molar-refractivity contribution in [3.63, 3.8) is 0 Å². The van der Waals surface area contributed by atoms with Crippen molar-refractivity contribution in [2.75, 3.05) is 6.54 Å². The summed E-state index contributed by atoms with van der Waals surface area (Å²) in [5, 5.41) is 2.36. The summed E-state index contributed by atoms with van der Waals surface area (Å²) in [7, 11) is 0. The van der Waals surface area contributed by atoms with Gasteiger partial charge in [0.2, 0.25) is 5.91 Å². The number of amides is 1. The molecule has 7 heteroatoms. The first-order chi connectivity index (χ1) is 9.20. The summed E-state index contributed by atoms with van der Waals surface area (Å²) in [6.07, 6.45) is -2.04. The Hall–Kier alpha value is -0.880. The Morgan fingerprint density at radius 1 is 0.950 bits per heavy atom. The lowest BCUT2D eigenvalue weighted by molar-refractivity contribution is -0.284. The van der Waals surface area contributed by atoms with E-state index in [1.54, 1.807) is 0 Å². The minimum absolute atomic E-state index is 0.153. The average Bonchev–Trinajstić information content (AvgIpc) is 2.33. The van der Waals surface area contributed by atoms with Gasteiger partial charge in [-0.2, -0.15) is 22.0 Å². The smallest absolute Gasteiger partial charge is 0.356 e. The highest BCUT2D eigenvalue weighted by molar-refractivity contribution is 5.75. The number of halogens is 5. The average molecular weight is 303 g/mol. The van der Waals surface area contributed by atoms with Crippen LogP contribution in [0.25, 0.3) is 0 Å². The van der Waals surface area contributed by atoms with Gasteiger partial charge in [-0.1, -0.05) is 32.6 Å². The lowest BCUT2D eigenvalue weighted by Crippen LogP contribution is -2.37. The first-order valence-corrected chi connectivity index (χ1v) is 6.92. The Labute approximate surface area is 116 Å². The van der Waals surface area contributed by atoms with Crippen LogP contribution in [0.4, 0.5) is 22.0 Å². The number of unbranched alkanes of at least 4 members (excludes halogenated alkanes) is 4. The van der Waals surface area contributed by atoms with Gasteiger partial charge in [0.15, 0.2) is 0 Å². The normalized spacial score (nSPS) is 12.5. The molecule has 20 heavy (non-hydrogen) atoms. The molecule has 2 nitrogen and oxygen atoms in total. The summed E-state index contributed by atoms with van der Waals surface area (Å²) in [6, 6.07) is 0. The number of nitrogens with one attached hydrogen (secondary N) is 1. The summed E-state index contributed by atoms with van der Waals surface area (Å²) in [5.74, 6) is -4.98. The molecule has 0 rings (SSSR count). The van der Waals surface area contributed by atoms with Crippen molar-refractivity contribution in [1.82, 2.24) is 5.32 Å². The van der Waals surface area contributed by atoms with Gasteiger partial charge in [-0.15, -0.1) is 0 Å². The lowest BCUT2D eigenvalue weighted by Gasteiger charge is -2.19. The third-order valence-corrected chi connectivity index (χ3v) is 2.91. The van der Waals surface area contributed by atoms with Crippen molar-refractivity contribution in [3.8, 4) is 0 Å². The second kappa shape index (κ2) is 9.13. The van der Waals surface area contributed by atoms with E-state index in [2.05, 4.69) is 12.2 Å². The summed E-state index contributed by atoms with van der Waals surface area (Å²) < 4.78 is 60.6. The maximum Gasteiger partial charge on any atom is 0.453 e. The van der Waals surface area contributed by atoms with Crippen molar-refractivity contribution in [1.29, 1.82) is 0 Å². The molecule has 1 N–H and O–H groups in total. The maximum atomic E-state index is 12.5. The van der Waals surface area contributed by atoms with Crippen LogP contribution in [0.3, 0.4) is 0 Å². The molecular formula is C13H22F5NO. The molecule has 0 spiro atoms. The molecule has 0 saturated heterocycles. The Morgan fingerprint density at radius 3 is 2.10 bits per heavy atom. The summed E-state index contributed by atoms with van der Waals surface area (Å²) in [6.45, 7) is 1.92. The summed E-state index contributed by atoms with van der Waals surface area (Å²) in [5.41, 5.74) is 0. The van der Waals surface area contributed by atoms with Gasteiger partial charge in [0.05, 0.1) is 0 Å². The minimum Gasteiger partial charge on any atom is -0.356 e. The van der Waals surface area contributed by atoms with Gasteiger partial charge in [0, 0.05) is 19.4 Å². The topological polar surface area (TPSA) is 29.1 Å². The highest BCUT2D eigenvalue weighted by Crippen LogP contribution is 2.38. The van der Waals surface area contributed by atoms with Crippen LogP contribution in [0.15, 0.2) is 0 Å². The quantitative estimate of drug-likeness (QED) is 0.469. The standard InChI is InChI=1S/C13H22F5NO/c1-2-3-4-5-6-8-11(20)19-10-7-9-12(14,15)13(16,17)18/h2-10H2,1H3,(H,19,20). The second-order valence-electron chi connectivity index (χ2n) is 4.82. The zero-order chi connectivity index (χ0) is 15.6. The first-order valence-electron chi connectivity index (χ1n) is 6.92. The number of rotatable bonds is 10. The van der Waals surface area contributed by atoms with Crippen LogP contribution in [0.1, 0.15) is 58.3 Å². The SMILES string of the molecule is CCCCCCCC(=O)NCCCC(F)(F)C(F)(F)F. The molecule has 0 aromatic carbocycles. The first kappa shape index (κ1) is 19.1. The maximum absolute atomic E-state index is 12.5. The highest BCUT2D eigenvalue weighted by Gasteiger charge is 2.56. The molecule has 0 aliphatic heterocycles. The van der Waals surface area contributed by atoms with E-state index in [1.165, 1.54) is 0 Å². The van der Waals surface area contributed by atoms with E-state index in [0.717, 1.165) is 25.7 Å². The molecule has 120 valence electrons. The van der Waals surface area contributed by atoms with E-state index >= 15 is 0 Å². The molecule has 0 aliphatic carbocycles. The number of hydrogen-bond donors (Lipinski definition) is 1. The van der Waals surface area contributed by atoms with Crippen molar-refractivity contribution in [2.45, 2.75) is 70.4 Å². The van der Waals surface area contributed by atoms with Gasteiger partial charge in [-0.3, -0.25) is 4.79 Å². The summed E-state index contributed by atoms with van der Waals surface area (Å²) >= 11 is 0. The van der Waals surface area contributed by atoms with Crippen molar-refractivity contribution < 1.29 is 26.7 Å². The van der Waals surface area contributed by atoms with Gasteiger partial charge in [0.1, 0.15) is 0 Å². The predicted molar refractivity (Wildman–Crippen MR) is 66.6 cm³/mol. The minimum atomic E-state index is -5.52. The van der Waals surface area contributed by atoms with E-state index in [9.17, 15) is 26.7 Å². The zero-order valence-electron chi connectivity index (χ0n) is 11.7. The van der Waals surface area contributed by atoms with Gasteiger partial charge in [-0.05, 0) is 12.8 Å². The molecule has 0 fully saturated rings. The van der Waals surface area contributed by atoms with Crippen molar-refractivity contribution in [2.24, 2.45) is 0 Å². The van der Waals surface area contributed by atoms with Crippen LogP contribution in [0.2, 0.25) is 0 Å². The fraction of sp³-hybridized carbons (Fsp3) is 0.923. The van der Waals surface area contributed by atoms with Crippen molar-refractivity contribution >= 4 is 5.91 Å². The Bertz CT molecular complexity index is 278. The predicted octanol–water partition coefficient (Wildman–Crippen LogP) is 4.44. The molecule has 0 unspecified atom stereocenters. The van der Waals surface area contributed by atoms with Crippen molar-refractivity contribution in [3.05, 3.63) is 0 Å². The van der Waals surface area contributed by atoms with Crippen LogP contribution in [-0.4, -0.2) is 24.6 Å². The zero-order valence-corrected chi connectivity index (χ0v) is 11.7. The molecule has 0 aromatic rings. The van der Waals surface area contributed by atoms with Crippen LogP contribution in [0, 0.1) is 0 Å². The molecule has 0 saturated carbocycles. The second-order valence-corrected chi connectivity index (χ2v) is 4.82. The van der Waals surface area contributed by atoms with Gasteiger partial charge >= 0.3 is 12.1 Å². The fourth-order valence-corrected chi connectivity index (χ4v) is 1.66. The van der Waals surface area contributed by atoms with E-state index in [-0.39, 0.29) is 12.5 Å². The molecule has 0 aromatic heterocycles. The lowest BCUT2D eigenvalue weighted by atomic mass is 10.1. The van der Waals surface area contributed by atoms with Gasteiger partial charge < -0.3 is 5.32 Å². The number of alkyl halides is 5. The van der Waals surface area contributed by atoms with Crippen LogP contribution in [-0.2, 0) is 4.79 Å². The molecule has 1 amide bonds. The van der Waals surface area contributed by atoms with Crippen LogP contribution >= 0.6 is 0 Å². The van der Waals surface area contributed by atoms with E-state index in [1.807, 2.05) is 0 Å². The monoisotopic (exact) mass is 303 g/mol. The number of hydrogen-bond acceptors (Lipinski definition) is 1. The Balaban J connectivity index is 3.62. The molecule has 0 aliphatic rings. The van der Waals surface area contributed by atoms with Gasteiger partial charge in [0.25, 0.3) is 0 Å². The molecule has 0 heterocycles. The van der Waals surface area contributed by atoms with Crippen LogP contribution < -0.4 is 5.32 Å². The van der Waals surface area contributed by atoms with E-state index in [4.69, 9.17) is 0 Å². The highest BCUT2D eigenvalue weighted by atomic mass is 19.4. The third kappa shape index (κ3) is 8.32.